The van der Waals surface area contributed by atoms with Crippen LogP contribution in [-0.4, -0.2) is 6.72 Å². The Bertz CT molecular complexity index is 441. The van der Waals surface area contributed by atoms with Crippen LogP contribution in [0.15, 0.2) is 17.1 Å². The first-order valence-corrected chi connectivity index (χ1v) is 3.99. The summed E-state index contributed by atoms with van der Waals surface area (Å²) >= 11 is 0. The highest BCUT2D eigenvalue weighted by Gasteiger charge is 2.34. The van der Waals surface area contributed by atoms with Gasteiger partial charge in [0.05, 0.1) is 16.8 Å². The molecule has 0 aromatic heterocycles. The molecular weight excluding hydrogens is 205 g/mol. The molecule has 0 saturated carbocycles. The van der Waals surface area contributed by atoms with E-state index in [2.05, 4.69) is 11.7 Å². The number of alkyl halides is 3. The van der Waals surface area contributed by atoms with Gasteiger partial charge in [0, 0.05) is 0 Å². The second-order valence-corrected chi connectivity index (χ2v) is 2.95. The van der Waals surface area contributed by atoms with E-state index < -0.39 is 11.7 Å². The number of aliphatic imine (C=N–C) groups is 1. The van der Waals surface area contributed by atoms with Gasteiger partial charge in [-0.15, -0.1) is 0 Å². The fraction of sp³-hybridized carbons (Fsp3) is 0.200. The minimum atomic E-state index is -4.55. The van der Waals surface area contributed by atoms with Crippen molar-refractivity contribution in [3.05, 3.63) is 28.8 Å². The van der Waals surface area contributed by atoms with Crippen LogP contribution >= 0.6 is 0 Å². The number of rotatable bonds is 1. The Morgan fingerprint density at radius 2 is 2.00 bits per heavy atom. The molecule has 2 nitrogen and oxygen atoms in total. The van der Waals surface area contributed by atoms with Gasteiger partial charge in [0.1, 0.15) is 6.07 Å². The van der Waals surface area contributed by atoms with E-state index in [0.29, 0.717) is 0 Å². The summed E-state index contributed by atoms with van der Waals surface area (Å²) in [6.45, 7) is 4.58. The van der Waals surface area contributed by atoms with E-state index in [9.17, 15) is 13.2 Å². The molecule has 15 heavy (non-hydrogen) atoms. The van der Waals surface area contributed by atoms with Gasteiger partial charge in [-0.05, 0) is 31.3 Å². The molecule has 0 spiro atoms. The van der Waals surface area contributed by atoms with Crippen molar-refractivity contribution in [1.82, 2.24) is 0 Å². The fourth-order valence-corrected chi connectivity index (χ4v) is 1.23. The number of benzene rings is 1. The van der Waals surface area contributed by atoms with Gasteiger partial charge in [0.15, 0.2) is 0 Å². The molecule has 5 heteroatoms. The summed E-state index contributed by atoms with van der Waals surface area (Å²) in [7, 11) is 0. The lowest BCUT2D eigenvalue weighted by Gasteiger charge is -2.11. The first kappa shape index (κ1) is 11.2. The molecule has 1 aromatic carbocycles. The first-order valence-electron chi connectivity index (χ1n) is 3.99. The van der Waals surface area contributed by atoms with E-state index in [1.165, 1.54) is 19.1 Å². The number of nitrogens with zero attached hydrogens (tertiary/aromatic N) is 2. The topological polar surface area (TPSA) is 36.1 Å². The van der Waals surface area contributed by atoms with Crippen molar-refractivity contribution in [2.45, 2.75) is 13.1 Å². The third kappa shape index (κ3) is 2.15. The van der Waals surface area contributed by atoms with Crippen LogP contribution in [-0.2, 0) is 6.18 Å². The monoisotopic (exact) mass is 212 g/mol. The lowest BCUT2D eigenvalue weighted by atomic mass is 10.0. The number of nitriles is 1. The molecule has 0 bridgehead atoms. The predicted octanol–water partition coefficient (Wildman–Crippen LogP) is 3.22. The van der Waals surface area contributed by atoms with Gasteiger partial charge in [-0.25, -0.2) is 0 Å². The summed E-state index contributed by atoms with van der Waals surface area (Å²) in [5.41, 5.74) is -0.976. The van der Waals surface area contributed by atoms with Crippen LogP contribution in [0.3, 0.4) is 0 Å². The van der Waals surface area contributed by atoms with Crippen LogP contribution in [0.25, 0.3) is 0 Å². The third-order valence-corrected chi connectivity index (χ3v) is 1.92. The number of hydrogen-bond acceptors (Lipinski definition) is 2. The maximum Gasteiger partial charge on any atom is 0.417 e. The van der Waals surface area contributed by atoms with Gasteiger partial charge >= 0.3 is 6.18 Å². The molecule has 0 radical (unpaired) electrons. The Hall–Kier alpha value is -1.83. The van der Waals surface area contributed by atoms with E-state index in [1.807, 2.05) is 0 Å². The van der Waals surface area contributed by atoms with Gasteiger partial charge in [-0.1, -0.05) is 0 Å². The van der Waals surface area contributed by atoms with Crippen molar-refractivity contribution in [3.8, 4) is 6.07 Å². The fourth-order valence-electron chi connectivity index (χ4n) is 1.23. The smallest absolute Gasteiger partial charge is 0.265 e. The van der Waals surface area contributed by atoms with Crippen molar-refractivity contribution < 1.29 is 13.2 Å². The van der Waals surface area contributed by atoms with Gasteiger partial charge < -0.3 is 0 Å². The van der Waals surface area contributed by atoms with Crippen LogP contribution < -0.4 is 0 Å². The molecule has 78 valence electrons. The van der Waals surface area contributed by atoms with Crippen molar-refractivity contribution in [3.63, 3.8) is 0 Å². The van der Waals surface area contributed by atoms with Crippen molar-refractivity contribution in [1.29, 1.82) is 5.26 Å². The van der Waals surface area contributed by atoms with Crippen molar-refractivity contribution in [2.24, 2.45) is 4.99 Å². The van der Waals surface area contributed by atoms with Gasteiger partial charge in [0.25, 0.3) is 0 Å². The molecule has 0 aliphatic rings. The standard InChI is InChI=1S/C10H7F3N2/c1-6-3-7(15-2)4-9(8(6)5-14)10(11,12)13/h3-4H,2H2,1H3. The average Bonchev–Trinajstić information content (AvgIpc) is 2.15. The quantitative estimate of drug-likeness (QED) is 0.658. The maximum atomic E-state index is 12.5. The van der Waals surface area contributed by atoms with E-state index in [1.54, 1.807) is 0 Å². The Morgan fingerprint density at radius 1 is 1.40 bits per heavy atom. The summed E-state index contributed by atoms with van der Waals surface area (Å²) in [4.78, 5) is 3.42. The Kier molecular flexibility index (Phi) is 2.80. The normalized spacial score (nSPS) is 10.9. The molecule has 0 aliphatic heterocycles. The average molecular weight is 212 g/mol. The maximum absolute atomic E-state index is 12.5. The minimum Gasteiger partial charge on any atom is -0.265 e. The molecule has 1 rings (SSSR count). The Balaban J connectivity index is 3.55. The number of halogens is 3. The molecule has 0 unspecified atom stereocenters. The van der Waals surface area contributed by atoms with E-state index in [-0.39, 0.29) is 16.8 Å². The summed E-state index contributed by atoms with van der Waals surface area (Å²) in [5, 5.41) is 8.63. The Labute approximate surface area is 84.7 Å². The van der Waals surface area contributed by atoms with Crippen molar-refractivity contribution >= 4 is 12.4 Å². The zero-order valence-electron chi connectivity index (χ0n) is 7.89. The first-order chi connectivity index (χ1) is 6.90. The zero-order chi connectivity index (χ0) is 11.6. The molecule has 0 saturated heterocycles. The summed E-state index contributed by atoms with van der Waals surface area (Å²) in [6.07, 6.45) is -4.55. The van der Waals surface area contributed by atoms with Gasteiger partial charge in [-0.2, -0.15) is 18.4 Å². The molecular formula is C10H7F3N2. The van der Waals surface area contributed by atoms with E-state index in [0.717, 1.165) is 6.07 Å². The largest absolute Gasteiger partial charge is 0.417 e. The molecule has 0 amide bonds. The second kappa shape index (κ2) is 3.73. The van der Waals surface area contributed by atoms with Crippen LogP contribution in [0.4, 0.5) is 18.9 Å². The highest BCUT2D eigenvalue weighted by molar-refractivity contribution is 5.56. The molecule has 0 fully saturated rings. The highest BCUT2D eigenvalue weighted by atomic mass is 19.4. The number of hydrogen-bond donors (Lipinski definition) is 0. The van der Waals surface area contributed by atoms with E-state index in [4.69, 9.17) is 5.26 Å². The van der Waals surface area contributed by atoms with Gasteiger partial charge in [0.2, 0.25) is 0 Å². The lowest BCUT2D eigenvalue weighted by Crippen LogP contribution is -2.08. The summed E-state index contributed by atoms with van der Waals surface area (Å²) in [6, 6.07) is 3.75. The van der Waals surface area contributed by atoms with Crippen LogP contribution in [0.1, 0.15) is 16.7 Å². The van der Waals surface area contributed by atoms with Crippen LogP contribution in [0.2, 0.25) is 0 Å². The lowest BCUT2D eigenvalue weighted by molar-refractivity contribution is -0.137. The SMILES string of the molecule is C=Nc1cc(C)c(C#N)c(C(F)(F)F)c1. The Morgan fingerprint density at radius 3 is 2.40 bits per heavy atom. The van der Waals surface area contributed by atoms with Gasteiger partial charge in [-0.3, -0.25) is 4.99 Å². The predicted molar refractivity (Wildman–Crippen MR) is 50.1 cm³/mol. The third-order valence-electron chi connectivity index (χ3n) is 1.92. The van der Waals surface area contributed by atoms with Crippen LogP contribution in [0, 0.1) is 18.3 Å². The van der Waals surface area contributed by atoms with E-state index >= 15 is 0 Å². The van der Waals surface area contributed by atoms with Crippen LogP contribution in [0.5, 0.6) is 0 Å². The molecule has 0 atom stereocenters. The van der Waals surface area contributed by atoms with Crippen molar-refractivity contribution in [2.75, 3.05) is 0 Å². The molecule has 1 aromatic rings. The highest BCUT2D eigenvalue weighted by Crippen LogP contribution is 2.35. The molecule has 0 N–H and O–H groups in total. The number of aryl methyl sites for hydroxylation is 1. The second-order valence-electron chi connectivity index (χ2n) is 2.95. The zero-order valence-corrected chi connectivity index (χ0v) is 7.89. The summed E-state index contributed by atoms with van der Waals surface area (Å²) in [5.74, 6) is 0. The molecule has 0 aliphatic carbocycles. The molecule has 0 heterocycles. The minimum absolute atomic E-state index is 0.110. The summed E-state index contributed by atoms with van der Waals surface area (Å²) < 4.78 is 37.6.